The number of ether oxygens (including phenoxy) is 2. The van der Waals surface area contributed by atoms with Crippen LogP contribution in [0.5, 0.6) is 5.75 Å². The number of hydrogen-bond donors (Lipinski definition) is 3. The maximum Gasteiger partial charge on any atom is 0.184 e. The monoisotopic (exact) mass is 513 g/mol. The molecule has 5 nitrogen and oxygen atoms in total. The highest BCUT2D eigenvalue weighted by Gasteiger charge is 2.41. The fourth-order valence-electron chi connectivity index (χ4n) is 4.68. The van der Waals surface area contributed by atoms with Crippen LogP contribution in [0.15, 0.2) is 108 Å². The van der Waals surface area contributed by atoms with Gasteiger partial charge in [-0.15, -0.1) is 11.8 Å². The van der Waals surface area contributed by atoms with Crippen molar-refractivity contribution in [2.45, 2.75) is 42.5 Å². The molecule has 4 aromatic carbocycles. The molecule has 0 radical (unpaired) electrons. The lowest BCUT2D eigenvalue weighted by atomic mass is 9.84. The van der Waals surface area contributed by atoms with E-state index in [4.69, 9.17) is 15.2 Å². The third kappa shape index (κ3) is 6.06. The topological polar surface area (TPSA) is 84.9 Å². The zero-order valence-electron chi connectivity index (χ0n) is 20.4. The Morgan fingerprint density at radius 1 is 0.703 bits per heavy atom. The first-order valence-corrected chi connectivity index (χ1v) is 13.4. The second-order valence-corrected chi connectivity index (χ2v) is 10.2. The SMILES string of the molecule is NCc1ccc(C2O[C@H](CSc3ccc(O)cc3)[C@@H](c3ccccc3)[C@H](c3ccc(CO)cc3)O2)cc1. The fourth-order valence-corrected chi connectivity index (χ4v) is 5.65. The van der Waals surface area contributed by atoms with Gasteiger partial charge in [-0.05, 0) is 46.5 Å². The van der Waals surface area contributed by atoms with Gasteiger partial charge in [-0.25, -0.2) is 0 Å². The molecular weight excluding hydrogens is 482 g/mol. The molecule has 4 aromatic rings. The fraction of sp³-hybridized carbons (Fsp3) is 0.226. The molecule has 1 fully saturated rings. The van der Waals surface area contributed by atoms with Crippen molar-refractivity contribution in [3.8, 4) is 5.75 Å². The van der Waals surface area contributed by atoms with Gasteiger partial charge in [0.05, 0.1) is 18.8 Å². The molecule has 5 rings (SSSR count). The summed E-state index contributed by atoms with van der Waals surface area (Å²) in [6.45, 7) is 0.480. The highest BCUT2D eigenvalue weighted by molar-refractivity contribution is 7.99. The van der Waals surface area contributed by atoms with E-state index in [2.05, 4.69) is 12.1 Å². The van der Waals surface area contributed by atoms with Crippen LogP contribution in [-0.2, 0) is 22.6 Å². The normalized spacial score (nSPS) is 21.6. The highest BCUT2D eigenvalue weighted by Crippen LogP contribution is 2.48. The minimum absolute atomic E-state index is 0.000952. The molecule has 4 atom stereocenters. The smallest absolute Gasteiger partial charge is 0.184 e. The number of benzene rings is 4. The van der Waals surface area contributed by atoms with E-state index in [0.29, 0.717) is 12.3 Å². The van der Waals surface area contributed by atoms with Crippen molar-refractivity contribution in [2.24, 2.45) is 5.73 Å². The minimum atomic E-state index is -0.542. The molecule has 4 N–H and O–H groups in total. The van der Waals surface area contributed by atoms with Crippen LogP contribution >= 0.6 is 11.8 Å². The Labute approximate surface area is 221 Å². The summed E-state index contributed by atoms with van der Waals surface area (Å²) in [4.78, 5) is 1.06. The number of aliphatic hydroxyl groups excluding tert-OH is 1. The zero-order valence-corrected chi connectivity index (χ0v) is 21.3. The molecule has 1 unspecified atom stereocenters. The van der Waals surface area contributed by atoms with Crippen LogP contribution in [-0.4, -0.2) is 22.1 Å². The van der Waals surface area contributed by atoms with Crippen LogP contribution in [0, 0.1) is 0 Å². The van der Waals surface area contributed by atoms with Crippen molar-refractivity contribution in [1.29, 1.82) is 0 Å². The molecule has 1 heterocycles. The number of phenols is 1. The summed E-state index contributed by atoms with van der Waals surface area (Å²) in [6.07, 6.45) is -0.954. The van der Waals surface area contributed by atoms with Crippen LogP contribution in [0.2, 0.25) is 0 Å². The molecular formula is C31H31NO4S. The Kier molecular flexibility index (Phi) is 8.24. The Morgan fingerprint density at radius 2 is 1.35 bits per heavy atom. The van der Waals surface area contributed by atoms with Gasteiger partial charge in [0.2, 0.25) is 0 Å². The molecule has 0 aromatic heterocycles. The number of aromatic hydroxyl groups is 1. The first-order valence-electron chi connectivity index (χ1n) is 12.4. The number of thioether (sulfide) groups is 1. The minimum Gasteiger partial charge on any atom is -0.508 e. The van der Waals surface area contributed by atoms with E-state index in [1.165, 1.54) is 0 Å². The van der Waals surface area contributed by atoms with Crippen molar-refractivity contribution in [1.82, 2.24) is 0 Å². The first kappa shape index (κ1) is 25.5. The number of phenolic OH excluding ortho intramolecular Hbond substituents is 1. The standard InChI is InChI=1S/C31H31NO4S/c32-18-21-6-12-25(13-7-21)31-35-28(20-37-27-16-14-26(34)15-17-27)29(23-4-2-1-3-5-23)30(36-31)24-10-8-22(19-33)9-11-24/h1-17,28-31,33-34H,18-20,32H2/t28-,29-,30+,31?/m1/s1. The average Bonchev–Trinajstić information content (AvgIpc) is 2.97. The van der Waals surface area contributed by atoms with E-state index in [1.54, 1.807) is 23.9 Å². The zero-order chi connectivity index (χ0) is 25.6. The third-order valence-electron chi connectivity index (χ3n) is 6.71. The van der Waals surface area contributed by atoms with Gasteiger partial charge >= 0.3 is 0 Å². The van der Waals surface area contributed by atoms with Gasteiger partial charge in [-0.1, -0.05) is 78.9 Å². The van der Waals surface area contributed by atoms with Crippen molar-refractivity contribution in [3.63, 3.8) is 0 Å². The van der Waals surface area contributed by atoms with Crippen molar-refractivity contribution >= 4 is 11.8 Å². The Morgan fingerprint density at radius 3 is 2.00 bits per heavy atom. The summed E-state index contributed by atoms with van der Waals surface area (Å²) in [7, 11) is 0. The van der Waals surface area contributed by atoms with E-state index in [0.717, 1.165) is 32.7 Å². The summed E-state index contributed by atoms with van der Waals surface area (Å²) in [5.41, 5.74) is 10.9. The molecule has 0 bridgehead atoms. The van der Waals surface area contributed by atoms with Crippen molar-refractivity contribution in [3.05, 3.63) is 131 Å². The number of rotatable bonds is 8. The molecule has 0 amide bonds. The molecule has 0 saturated carbocycles. The van der Waals surface area contributed by atoms with Crippen LogP contribution in [0.3, 0.4) is 0 Å². The van der Waals surface area contributed by atoms with Crippen LogP contribution in [0.1, 0.15) is 46.1 Å². The molecule has 1 aliphatic rings. The molecule has 0 aliphatic carbocycles. The van der Waals surface area contributed by atoms with Crippen molar-refractivity contribution in [2.75, 3.05) is 5.75 Å². The number of aliphatic hydroxyl groups is 1. The highest BCUT2D eigenvalue weighted by atomic mass is 32.2. The predicted octanol–water partition coefficient (Wildman–Crippen LogP) is 6.07. The Hall–Kier alpha value is -3.13. The predicted molar refractivity (Wildman–Crippen MR) is 146 cm³/mol. The lowest BCUT2D eigenvalue weighted by molar-refractivity contribution is -0.255. The largest absolute Gasteiger partial charge is 0.508 e. The van der Waals surface area contributed by atoms with E-state index >= 15 is 0 Å². The molecule has 0 spiro atoms. The van der Waals surface area contributed by atoms with Gasteiger partial charge in [0, 0.05) is 28.7 Å². The van der Waals surface area contributed by atoms with E-state index in [9.17, 15) is 10.2 Å². The summed E-state index contributed by atoms with van der Waals surface area (Å²) >= 11 is 1.70. The van der Waals surface area contributed by atoms with E-state index < -0.39 is 6.29 Å². The van der Waals surface area contributed by atoms with Gasteiger partial charge in [0.1, 0.15) is 5.75 Å². The molecule has 1 aliphatic heterocycles. The summed E-state index contributed by atoms with van der Waals surface area (Å²) in [5.74, 6) is 0.905. The summed E-state index contributed by atoms with van der Waals surface area (Å²) < 4.78 is 13.4. The Bertz CT molecular complexity index is 1260. The molecule has 190 valence electrons. The van der Waals surface area contributed by atoms with Gasteiger partial charge in [0.25, 0.3) is 0 Å². The number of hydrogen-bond acceptors (Lipinski definition) is 6. The quantitative estimate of drug-likeness (QED) is 0.248. The molecule has 37 heavy (non-hydrogen) atoms. The second kappa shape index (κ2) is 11.9. The van der Waals surface area contributed by atoms with Crippen LogP contribution in [0.25, 0.3) is 0 Å². The van der Waals surface area contributed by atoms with E-state index in [1.807, 2.05) is 78.9 Å². The van der Waals surface area contributed by atoms with Crippen molar-refractivity contribution < 1.29 is 19.7 Å². The van der Waals surface area contributed by atoms with Crippen LogP contribution < -0.4 is 5.73 Å². The first-order chi connectivity index (χ1) is 18.1. The second-order valence-electron chi connectivity index (χ2n) is 9.15. The molecule has 6 heteroatoms. The number of nitrogens with two attached hydrogens (primary N) is 1. The summed E-state index contributed by atoms with van der Waals surface area (Å²) in [5, 5.41) is 19.2. The van der Waals surface area contributed by atoms with Gasteiger partial charge < -0.3 is 25.4 Å². The third-order valence-corrected chi connectivity index (χ3v) is 7.81. The van der Waals surface area contributed by atoms with Gasteiger partial charge in [0.15, 0.2) is 6.29 Å². The lowest BCUT2D eigenvalue weighted by Crippen LogP contribution is -2.38. The van der Waals surface area contributed by atoms with Crippen LogP contribution in [0.4, 0.5) is 0 Å². The molecule has 1 saturated heterocycles. The Balaban J connectivity index is 1.52. The van der Waals surface area contributed by atoms with Gasteiger partial charge in [-0.3, -0.25) is 0 Å². The average molecular weight is 514 g/mol. The van der Waals surface area contributed by atoms with E-state index in [-0.39, 0.29) is 30.5 Å². The maximum atomic E-state index is 9.69. The summed E-state index contributed by atoms with van der Waals surface area (Å²) in [6, 6.07) is 33.6. The van der Waals surface area contributed by atoms with Gasteiger partial charge in [-0.2, -0.15) is 0 Å². The maximum absolute atomic E-state index is 9.69. The lowest BCUT2D eigenvalue weighted by Gasteiger charge is -2.43.